The van der Waals surface area contributed by atoms with E-state index in [0.717, 1.165) is 31.6 Å². The molecule has 1 N–H and O–H groups in total. The number of aryl methyl sites for hydroxylation is 1. The smallest absolute Gasteiger partial charge is 0.188 e. The van der Waals surface area contributed by atoms with E-state index in [1.807, 2.05) is 31.2 Å². The molecule has 0 saturated heterocycles. The minimum Gasteiger partial charge on any atom is -0.330 e. The second-order valence-corrected chi connectivity index (χ2v) is 5.33. The third-order valence-corrected chi connectivity index (χ3v) is 4.09. The van der Waals surface area contributed by atoms with Gasteiger partial charge in [-0.1, -0.05) is 29.0 Å². The average Bonchev–Trinajstić information content (AvgIpc) is 2.76. The van der Waals surface area contributed by atoms with Crippen molar-refractivity contribution in [1.29, 1.82) is 0 Å². The van der Waals surface area contributed by atoms with Gasteiger partial charge in [0.1, 0.15) is 0 Å². The van der Waals surface area contributed by atoms with Gasteiger partial charge in [0.25, 0.3) is 0 Å². The van der Waals surface area contributed by atoms with Gasteiger partial charge >= 0.3 is 0 Å². The standard InChI is InChI=1S/C13H10ClN3S/c1-8-5-6-15-7-11(8)17-13-16-10-4-2-3-9(14)12(10)18-13/h2-7H,1H3,(H,16,17). The van der Waals surface area contributed by atoms with E-state index >= 15 is 0 Å². The molecule has 2 heterocycles. The largest absolute Gasteiger partial charge is 0.330 e. The van der Waals surface area contributed by atoms with Crippen molar-refractivity contribution in [3.8, 4) is 0 Å². The Morgan fingerprint density at radius 3 is 2.94 bits per heavy atom. The molecule has 0 bridgehead atoms. The molecule has 0 fully saturated rings. The Bertz CT molecular complexity index is 708. The highest BCUT2D eigenvalue weighted by Gasteiger charge is 2.07. The number of aromatic nitrogens is 2. The highest BCUT2D eigenvalue weighted by Crippen LogP contribution is 2.33. The molecule has 0 saturated carbocycles. The maximum atomic E-state index is 6.13. The molecule has 0 radical (unpaired) electrons. The summed E-state index contributed by atoms with van der Waals surface area (Å²) in [6, 6.07) is 7.70. The molecule has 90 valence electrons. The number of rotatable bonds is 2. The quantitative estimate of drug-likeness (QED) is 0.753. The second-order valence-electron chi connectivity index (χ2n) is 3.92. The van der Waals surface area contributed by atoms with E-state index in [1.165, 1.54) is 0 Å². The topological polar surface area (TPSA) is 37.8 Å². The lowest BCUT2D eigenvalue weighted by molar-refractivity contribution is 1.27. The van der Waals surface area contributed by atoms with E-state index in [1.54, 1.807) is 23.7 Å². The first-order valence-corrected chi connectivity index (χ1v) is 6.66. The highest BCUT2D eigenvalue weighted by molar-refractivity contribution is 7.22. The van der Waals surface area contributed by atoms with Gasteiger partial charge in [0.05, 0.1) is 27.1 Å². The van der Waals surface area contributed by atoms with E-state index in [9.17, 15) is 0 Å². The molecule has 0 aliphatic carbocycles. The van der Waals surface area contributed by atoms with Crippen LogP contribution < -0.4 is 5.32 Å². The van der Waals surface area contributed by atoms with Gasteiger partial charge in [0, 0.05) is 6.20 Å². The van der Waals surface area contributed by atoms with Gasteiger partial charge in [-0.15, -0.1) is 0 Å². The van der Waals surface area contributed by atoms with Crippen LogP contribution in [-0.4, -0.2) is 9.97 Å². The second kappa shape index (κ2) is 4.55. The van der Waals surface area contributed by atoms with E-state index in [-0.39, 0.29) is 0 Å². The third-order valence-electron chi connectivity index (χ3n) is 2.65. The van der Waals surface area contributed by atoms with E-state index in [2.05, 4.69) is 15.3 Å². The number of hydrogen-bond donors (Lipinski definition) is 1. The van der Waals surface area contributed by atoms with Crippen LogP contribution in [0.2, 0.25) is 5.02 Å². The van der Waals surface area contributed by atoms with Crippen LogP contribution in [0.15, 0.2) is 36.7 Å². The highest BCUT2D eigenvalue weighted by atomic mass is 35.5. The number of halogens is 1. The summed E-state index contributed by atoms with van der Waals surface area (Å²) in [5, 5.41) is 4.84. The minimum absolute atomic E-state index is 0.737. The fourth-order valence-corrected chi connectivity index (χ4v) is 2.85. The third kappa shape index (κ3) is 2.05. The Morgan fingerprint density at radius 2 is 2.17 bits per heavy atom. The summed E-state index contributed by atoms with van der Waals surface area (Å²) in [4.78, 5) is 8.61. The zero-order chi connectivity index (χ0) is 12.5. The lowest BCUT2D eigenvalue weighted by Gasteiger charge is -2.04. The molecule has 0 atom stereocenters. The summed E-state index contributed by atoms with van der Waals surface area (Å²) in [6.45, 7) is 2.03. The molecule has 3 aromatic rings. The summed E-state index contributed by atoms with van der Waals surface area (Å²) in [5.41, 5.74) is 3.01. The molecule has 18 heavy (non-hydrogen) atoms. The summed E-state index contributed by atoms with van der Waals surface area (Å²) in [6.07, 6.45) is 3.57. The lowest BCUT2D eigenvalue weighted by atomic mass is 10.2. The van der Waals surface area contributed by atoms with Crippen molar-refractivity contribution in [2.24, 2.45) is 0 Å². The number of fused-ring (bicyclic) bond motifs is 1. The average molecular weight is 276 g/mol. The van der Waals surface area contributed by atoms with Crippen molar-refractivity contribution in [1.82, 2.24) is 9.97 Å². The molecule has 0 unspecified atom stereocenters. The first kappa shape index (κ1) is 11.4. The van der Waals surface area contributed by atoms with Crippen LogP contribution in [0, 0.1) is 6.92 Å². The Balaban J connectivity index is 2.01. The van der Waals surface area contributed by atoms with Crippen LogP contribution in [0.25, 0.3) is 10.2 Å². The van der Waals surface area contributed by atoms with Crippen LogP contribution in [0.1, 0.15) is 5.56 Å². The number of thiazole rings is 1. The normalized spacial score (nSPS) is 10.8. The predicted molar refractivity (Wildman–Crippen MR) is 76.9 cm³/mol. The van der Waals surface area contributed by atoms with Gasteiger partial charge in [0.15, 0.2) is 5.13 Å². The zero-order valence-electron chi connectivity index (χ0n) is 9.64. The molecule has 5 heteroatoms. The maximum Gasteiger partial charge on any atom is 0.188 e. The summed E-state index contributed by atoms with van der Waals surface area (Å²) >= 11 is 7.68. The van der Waals surface area contributed by atoms with Crippen molar-refractivity contribution < 1.29 is 0 Å². The van der Waals surface area contributed by atoms with Crippen LogP contribution in [0.5, 0.6) is 0 Å². The van der Waals surface area contributed by atoms with Gasteiger partial charge in [0.2, 0.25) is 0 Å². The molecule has 0 aliphatic heterocycles. The number of nitrogens with zero attached hydrogens (tertiary/aromatic N) is 2. The number of hydrogen-bond acceptors (Lipinski definition) is 4. The van der Waals surface area contributed by atoms with Crippen molar-refractivity contribution in [2.75, 3.05) is 5.32 Å². The van der Waals surface area contributed by atoms with Gasteiger partial charge in [-0.3, -0.25) is 4.98 Å². The van der Waals surface area contributed by atoms with Crippen LogP contribution in [0.3, 0.4) is 0 Å². The van der Waals surface area contributed by atoms with Gasteiger partial charge in [-0.05, 0) is 30.7 Å². The van der Waals surface area contributed by atoms with Gasteiger partial charge in [-0.2, -0.15) is 0 Å². The Hall–Kier alpha value is -1.65. The summed E-state index contributed by atoms with van der Waals surface area (Å²) in [7, 11) is 0. The molecule has 2 aromatic heterocycles. The first-order chi connectivity index (χ1) is 8.74. The minimum atomic E-state index is 0.737. The molecular formula is C13H10ClN3S. The van der Waals surface area contributed by atoms with Crippen molar-refractivity contribution in [2.45, 2.75) is 6.92 Å². The van der Waals surface area contributed by atoms with Crippen molar-refractivity contribution in [3.05, 3.63) is 47.2 Å². The predicted octanol–water partition coefficient (Wildman–Crippen LogP) is 4.40. The number of pyridine rings is 1. The van der Waals surface area contributed by atoms with E-state index in [0.29, 0.717) is 0 Å². The molecule has 3 rings (SSSR count). The Kier molecular flexibility index (Phi) is 2.89. The summed E-state index contributed by atoms with van der Waals surface area (Å²) < 4.78 is 1.00. The monoisotopic (exact) mass is 275 g/mol. The fraction of sp³-hybridized carbons (Fsp3) is 0.0769. The molecule has 0 aliphatic rings. The van der Waals surface area contributed by atoms with Gasteiger partial charge < -0.3 is 5.32 Å². The van der Waals surface area contributed by atoms with Crippen LogP contribution in [0.4, 0.5) is 10.8 Å². The molecule has 0 amide bonds. The lowest BCUT2D eigenvalue weighted by Crippen LogP contribution is -1.92. The molecule has 1 aromatic carbocycles. The van der Waals surface area contributed by atoms with Crippen molar-refractivity contribution in [3.63, 3.8) is 0 Å². The van der Waals surface area contributed by atoms with Crippen LogP contribution >= 0.6 is 22.9 Å². The Labute approximate surface area is 113 Å². The van der Waals surface area contributed by atoms with Gasteiger partial charge in [-0.25, -0.2) is 4.98 Å². The van der Waals surface area contributed by atoms with E-state index in [4.69, 9.17) is 11.6 Å². The van der Waals surface area contributed by atoms with E-state index < -0.39 is 0 Å². The molecule has 0 spiro atoms. The number of anilines is 2. The fourth-order valence-electron chi connectivity index (χ4n) is 1.68. The zero-order valence-corrected chi connectivity index (χ0v) is 11.2. The van der Waals surface area contributed by atoms with Crippen molar-refractivity contribution >= 4 is 44.0 Å². The number of benzene rings is 1. The SMILES string of the molecule is Cc1ccncc1Nc1nc2cccc(Cl)c2s1. The number of nitrogens with one attached hydrogen (secondary N) is 1. The maximum absolute atomic E-state index is 6.13. The molecular weight excluding hydrogens is 266 g/mol. The Morgan fingerprint density at radius 1 is 1.28 bits per heavy atom. The molecule has 3 nitrogen and oxygen atoms in total. The summed E-state index contributed by atoms with van der Waals surface area (Å²) in [5.74, 6) is 0. The first-order valence-electron chi connectivity index (χ1n) is 5.47. The van der Waals surface area contributed by atoms with Crippen LogP contribution in [-0.2, 0) is 0 Å².